The molecule has 0 aliphatic carbocycles. The van der Waals surface area contributed by atoms with Crippen LogP contribution < -0.4 is 14.8 Å². The fourth-order valence-corrected chi connectivity index (χ4v) is 7.06. The van der Waals surface area contributed by atoms with Crippen molar-refractivity contribution in [3.05, 3.63) is 95.3 Å². The number of benzene rings is 2. The highest BCUT2D eigenvalue weighted by molar-refractivity contribution is 5.97. The third-order valence-electron chi connectivity index (χ3n) is 11.2. The van der Waals surface area contributed by atoms with Crippen LogP contribution in [-0.4, -0.2) is 64.3 Å². The Balaban J connectivity index is 0.00000178. The minimum absolute atomic E-state index is 0.0147. The zero-order chi connectivity index (χ0) is 42.6. The van der Waals surface area contributed by atoms with Gasteiger partial charge in [-0.1, -0.05) is 72.4 Å². The van der Waals surface area contributed by atoms with Crippen LogP contribution in [0.4, 0.5) is 15.9 Å². The molecule has 314 valence electrons. The molecule has 2 aromatic carbocycles. The Bertz CT molecular complexity index is 2010. The molecule has 5 rings (SSSR count). The van der Waals surface area contributed by atoms with E-state index < -0.39 is 5.67 Å². The summed E-state index contributed by atoms with van der Waals surface area (Å²) < 4.78 is 27.9. The number of aryl methyl sites for hydroxylation is 2. The van der Waals surface area contributed by atoms with Crippen LogP contribution in [0.25, 0.3) is 10.9 Å². The first-order valence-electron chi connectivity index (χ1n) is 21.0. The summed E-state index contributed by atoms with van der Waals surface area (Å²) in [6.45, 7) is 24.0. The molecule has 0 spiro atoms. The number of alkyl halides is 1. The molecule has 4 unspecified atom stereocenters. The third-order valence-corrected chi connectivity index (χ3v) is 11.2. The van der Waals surface area contributed by atoms with Crippen molar-refractivity contribution in [2.75, 3.05) is 32.1 Å². The number of rotatable bonds is 17. The molecule has 9 nitrogen and oxygen atoms in total. The van der Waals surface area contributed by atoms with Crippen molar-refractivity contribution in [2.45, 2.75) is 108 Å². The lowest BCUT2D eigenvalue weighted by molar-refractivity contribution is -0.120. The number of hydrazone groups is 1. The summed E-state index contributed by atoms with van der Waals surface area (Å²) in [4.78, 5) is 24.5. The van der Waals surface area contributed by atoms with E-state index in [4.69, 9.17) is 9.47 Å². The van der Waals surface area contributed by atoms with Gasteiger partial charge in [0.1, 0.15) is 29.4 Å². The number of unbranched alkanes of at least 4 members (excludes halogenated alkanes) is 1. The second-order valence-corrected chi connectivity index (χ2v) is 16.4. The predicted molar refractivity (Wildman–Crippen MR) is 238 cm³/mol. The number of likely N-dealkylation sites (tertiary alicyclic amines) is 1. The number of nitrogens with zero attached hydrogens (tertiary/aromatic N) is 5. The number of fused-ring (bicyclic) bond motifs is 1. The van der Waals surface area contributed by atoms with Crippen LogP contribution in [0, 0.1) is 37.5 Å². The van der Waals surface area contributed by atoms with Gasteiger partial charge in [-0.3, -0.25) is 9.69 Å². The highest BCUT2D eigenvalue weighted by Crippen LogP contribution is 2.37. The van der Waals surface area contributed by atoms with Gasteiger partial charge in [-0.15, -0.1) is 0 Å². The molecule has 1 fully saturated rings. The van der Waals surface area contributed by atoms with Crippen molar-refractivity contribution < 1.29 is 18.7 Å². The monoisotopic (exact) mass is 795 g/mol. The van der Waals surface area contributed by atoms with E-state index in [2.05, 4.69) is 68.9 Å². The zero-order valence-corrected chi connectivity index (χ0v) is 37.0. The Morgan fingerprint density at radius 1 is 1.05 bits per heavy atom. The van der Waals surface area contributed by atoms with Crippen LogP contribution in [0.1, 0.15) is 99.1 Å². The smallest absolute Gasteiger partial charge is 0.158 e. The summed E-state index contributed by atoms with van der Waals surface area (Å²) >= 11 is 0. The van der Waals surface area contributed by atoms with Gasteiger partial charge in [-0.2, -0.15) is 5.10 Å². The second kappa shape index (κ2) is 21.3. The molecule has 0 radical (unpaired) electrons. The average Bonchev–Trinajstić information content (AvgIpc) is 3.19. The van der Waals surface area contributed by atoms with Gasteiger partial charge in [0.2, 0.25) is 0 Å². The SMILES string of the molecule is C/C=N\N1C=CC(Oc2ccc(Nc3ncnc4ccc(C)c(OCC(CC(C)CC)C(C)C(C)C(=O)/C=C/C5(F)CN(C)C5)c34)cc2C)=CC1=C(C)C.CCCC. The van der Waals surface area contributed by atoms with Crippen LogP contribution >= 0.6 is 0 Å². The van der Waals surface area contributed by atoms with Gasteiger partial charge >= 0.3 is 0 Å². The first kappa shape index (κ1) is 45.9. The first-order valence-corrected chi connectivity index (χ1v) is 21.0. The van der Waals surface area contributed by atoms with Crippen LogP contribution in [0.3, 0.4) is 0 Å². The molecular weight excluding hydrogens is 728 g/mol. The molecule has 0 saturated carbocycles. The minimum atomic E-state index is -1.42. The predicted octanol–water partition coefficient (Wildman–Crippen LogP) is 11.7. The summed E-state index contributed by atoms with van der Waals surface area (Å²) in [5.74, 6) is 3.05. The number of nitrogens with one attached hydrogen (secondary N) is 1. The molecule has 2 aliphatic rings. The van der Waals surface area contributed by atoms with Crippen LogP contribution in [-0.2, 0) is 4.79 Å². The molecule has 0 amide bonds. The van der Waals surface area contributed by atoms with Gasteiger partial charge in [0.15, 0.2) is 11.5 Å². The van der Waals surface area contributed by atoms with Gasteiger partial charge in [-0.05, 0) is 119 Å². The van der Waals surface area contributed by atoms with E-state index in [1.54, 1.807) is 12.5 Å². The van der Waals surface area contributed by atoms with Crippen molar-refractivity contribution in [1.29, 1.82) is 0 Å². The number of ketones is 1. The molecule has 1 aromatic heterocycles. The summed E-state index contributed by atoms with van der Waals surface area (Å²) in [6.07, 6.45) is 16.6. The number of halogens is 1. The number of carbonyl (C=O) groups is 1. The van der Waals surface area contributed by atoms with Gasteiger partial charge in [0.05, 0.1) is 23.2 Å². The third kappa shape index (κ3) is 12.1. The number of hydrogen-bond donors (Lipinski definition) is 1. The molecular formula is C48H67FN6O3. The summed E-state index contributed by atoms with van der Waals surface area (Å²) in [7, 11) is 1.88. The van der Waals surface area contributed by atoms with E-state index in [-0.39, 0.29) is 23.5 Å². The van der Waals surface area contributed by atoms with Crippen LogP contribution in [0.5, 0.6) is 11.5 Å². The summed E-state index contributed by atoms with van der Waals surface area (Å²) in [6, 6.07) is 9.96. The Morgan fingerprint density at radius 3 is 2.40 bits per heavy atom. The summed E-state index contributed by atoms with van der Waals surface area (Å²) in [5, 5.41) is 10.6. The number of aromatic nitrogens is 2. The van der Waals surface area contributed by atoms with E-state index in [0.717, 1.165) is 63.3 Å². The van der Waals surface area contributed by atoms with Crippen molar-refractivity contribution >= 4 is 34.4 Å². The lowest BCUT2D eigenvalue weighted by Gasteiger charge is -2.40. The lowest BCUT2D eigenvalue weighted by atomic mass is 9.77. The highest BCUT2D eigenvalue weighted by atomic mass is 19.1. The van der Waals surface area contributed by atoms with Crippen molar-refractivity contribution in [3.8, 4) is 11.5 Å². The minimum Gasteiger partial charge on any atom is -0.492 e. The lowest BCUT2D eigenvalue weighted by Crippen LogP contribution is -2.55. The van der Waals surface area contributed by atoms with E-state index in [1.165, 1.54) is 25.0 Å². The Labute approximate surface area is 347 Å². The van der Waals surface area contributed by atoms with Gasteiger partial charge in [0, 0.05) is 43.2 Å². The quantitative estimate of drug-likeness (QED) is 0.107. The highest BCUT2D eigenvalue weighted by Gasteiger charge is 2.39. The fourth-order valence-electron chi connectivity index (χ4n) is 7.06. The Morgan fingerprint density at radius 2 is 1.78 bits per heavy atom. The molecule has 0 bridgehead atoms. The molecule has 3 heterocycles. The number of hydrogen-bond acceptors (Lipinski definition) is 9. The maximum atomic E-state index is 14.9. The molecule has 1 saturated heterocycles. The molecule has 10 heteroatoms. The number of carbonyl (C=O) groups excluding carboxylic acids is 1. The van der Waals surface area contributed by atoms with Gasteiger partial charge < -0.3 is 14.8 Å². The second-order valence-electron chi connectivity index (χ2n) is 16.4. The van der Waals surface area contributed by atoms with E-state index in [0.29, 0.717) is 37.2 Å². The molecule has 58 heavy (non-hydrogen) atoms. The molecule has 1 N–H and O–H groups in total. The summed E-state index contributed by atoms with van der Waals surface area (Å²) in [5.41, 5.74) is 4.20. The molecule has 3 aromatic rings. The number of anilines is 2. The van der Waals surface area contributed by atoms with Gasteiger partial charge in [0.25, 0.3) is 0 Å². The standard InChI is InChI=1S/C44H57FN6O3.C4H10/c1-11-29(5)21-34(32(8)33(9)39(52)17-19-44(45)25-50(10)26-44)24-53-42-30(6)13-15-37-41(42)43(47-27-46-37)49-35-14-16-40(31(7)22-35)54-36-18-20-51(48-12-2)38(23-36)28(3)4;1-3-4-2/h12-20,22-23,27,29,32-34H,11,21,24-26H2,1-10H3,(H,46,47,49);3-4H2,1-2H3/b19-17+,48-12-;. The number of ether oxygens (including phenoxy) is 2. The van der Waals surface area contributed by atoms with Crippen molar-refractivity contribution in [3.63, 3.8) is 0 Å². The largest absolute Gasteiger partial charge is 0.492 e. The average molecular weight is 795 g/mol. The van der Waals surface area contributed by atoms with Crippen LogP contribution in [0.15, 0.2) is 89.3 Å². The van der Waals surface area contributed by atoms with Gasteiger partial charge in [-0.25, -0.2) is 19.4 Å². The van der Waals surface area contributed by atoms with E-state index in [9.17, 15) is 9.18 Å². The zero-order valence-electron chi connectivity index (χ0n) is 37.0. The number of allylic oxidation sites excluding steroid dienone is 4. The van der Waals surface area contributed by atoms with E-state index in [1.807, 2.05) is 93.3 Å². The molecule has 4 atom stereocenters. The Hall–Kier alpha value is -4.83. The van der Waals surface area contributed by atoms with E-state index >= 15 is 0 Å². The Kier molecular flexibility index (Phi) is 16.8. The molecule has 2 aliphatic heterocycles. The maximum Gasteiger partial charge on any atom is 0.158 e. The first-order chi connectivity index (χ1) is 27.6. The van der Waals surface area contributed by atoms with Crippen LogP contribution in [0.2, 0.25) is 0 Å². The van der Waals surface area contributed by atoms with Crippen molar-refractivity contribution in [2.24, 2.45) is 28.8 Å². The maximum absolute atomic E-state index is 14.9. The van der Waals surface area contributed by atoms with Crippen molar-refractivity contribution in [1.82, 2.24) is 19.9 Å². The topological polar surface area (TPSA) is 92.2 Å². The normalized spacial score (nSPS) is 17.3. The fraction of sp³-hybridized carbons (Fsp3) is 0.500.